The van der Waals surface area contributed by atoms with Gasteiger partial charge in [-0.15, -0.1) is 0 Å². The van der Waals surface area contributed by atoms with Crippen LogP contribution in [0.1, 0.15) is 20.8 Å². The van der Waals surface area contributed by atoms with Gasteiger partial charge in [-0.05, 0) is 32.9 Å². The number of H-pyrrole nitrogens is 1. The molecule has 1 N–H and O–H groups in total. The first-order valence-corrected chi connectivity index (χ1v) is 5.64. The molecule has 1 aromatic carbocycles. The third-order valence-electron chi connectivity index (χ3n) is 2.55. The molecule has 5 heteroatoms. The third-order valence-corrected chi connectivity index (χ3v) is 2.86. The summed E-state index contributed by atoms with van der Waals surface area (Å²) in [6.07, 6.45) is 0. The highest BCUT2D eigenvalue weighted by atomic mass is 35.5. The Kier molecular flexibility index (Phi) is 2.62. The molecule has 0 saturated heterocycles. The molecular formula is C12H13ClN2O2. The normalized spacial score (nSPS) is 12.0. The Labute approximate surface area is 103 Å². The minimum Gasteiger partial charge on any atom is -0.307 e. The second-order valence-corrected chi connectivity index (χ2v) is 5.31. The largest absolute Gasteiger partial charge is 0.329 e. The van der Waals surface area contributed by atoms with E-state index in [1.807, 2.05) is 0 Å². The smallest absolute Gasteiger partial charge is 0.307 e. The number of hydrogen-bond acceptors (Lipinski definition) is 2. The van der Waals surface area contributed by atoms with Gasteiger partial charge in [0.25, 0.3) is 5.56 Å². The Morgan fingerprint density at radius 2 is 1.88 bits per heavy atom. The summed E-state index contributed by atoms with van der Waals surface area (Å²) in [5.74, 6) is 0. The van der Waals surface area contributed by atoms with Crippen molar-refractivity contribution in [1.29, 1.82) is 0 Å². The highest BCUT2D eigenvalue weighted by molar-refractivity contribution is 6.35. The van der Waals surface area contributed by atoms with Gasteiger partial charge in [0.1, 0.15) is 0 Å². The van der Waals surface area contributed by atoms with E-state index in [2.05, 4.69) is 4.98 Å². The van der Waals surface area contributed by atoms with Crippen LogP contribution in [0.25, 0.3) is 10.9 Å². The molecule has 0 aliphatic carbocycles. The molecule has 1 heterocycles. The van der Waals surface area contributed by atoms with Crippen molar-refractivity contribution in [2.45, 2.75) is 26.3 Å². The van der Waals surface area contributed by atoms with E-state index in [-0.39, 0.29) is 5.56 Å². The van der Waals surface area contributed by atoms with E-state index in [1.165, 1.54) is 4.57 Å². The molecule has 0 unspecified atom stereocenters. The SMILES string of the molecule is CC(C)(C)n1c(=O)[nH]c2cccc(Cl)c2c1=O. The van der Waals surface area contributed by atoms with Crippen LogP contribution < -0.4 is 11.2 Å². The zero-order chi connectivity index (χ0) is 12.8. The topological polar surface area (TPSA) is 54.9 Å². The van der Waals surface area contributed by atoms with Crippen molar-refractivity contribution in [3.8, 4) is 0 Å². The summed E-state index contributed by atoms with van der Waals surface area (Å²) in [4.78, 5) is 26.8. The number of halogens is 1. The number of benzene rings is 1. The molecular weight excluding hydrogens is 240 g/mol. The Bertz CT molecular complexity index is 692. The van der Waals surface area contributed by atoms with Crippen LogP contribution in [-0.2, 0) is 5.54 Å². The maximum Gasteiger partial charge on any atom is 0.329 e. The van der Waals surface area contributed by atoms with Crippen LogP contribution in [0, 0.1) is 0 Å². The van der Waals surface area contributed by atoms with Gasteiger partial charge >= 0.3 is 5.69 Å². The Morgan fingerprint density at radius 3 is 2.47 bits per heavy atom. The van der Waals surface area contributed by atoms with Crippen molar-refractivity contribution in [3.05, 3.63) is 44.1 Å². The van der Waals surface area contributed by atoms with E-state index in [0.29, 0.717) is 15.9 Å². The lowest BCUT2D eigenvalue weighted by molar-refractivity contribution is 0.369. The van der Waals surface area contributed by atoms with Gasteiger partial charge in [0.05, 0.1) is 15.9 Å². The lowest BCUT2D eigenvalue weighted by Crippen LogP contribution is -2.44. The fourth-order valence-corrected chi connectivity index (χ4v) is 2.09. The number of aromatic nitrogens is 2. The van der Waals surface area contributed by atoms with Gasteiger partial charge in [-0.1, -0.05) is 17.7 Å². The molecule has 0 saturated carbocycles. The fourth-order valence-electron chi connectivity index (χ4n) is 1.83. The van der Waals surface area contributed by atoms with Gasteiger partial charge in [0, 0.05) is 5.54 Å². The van der Waals surface area contributed by atoms with Crippen LogP contribution in [0.15, 0.2) is 27.8 Å². The van der Waals surface area contributed by atoms with Crippen LogP contribution in [-0.4, -0.2) is 9.55 Å². The van der Waals surface area contributed by atoms with Gasteiger partial charge in [-0.25, -0.2) is 4.79 Å². The van der Waals surface area contributed by atoms with E-state index >= 15 is 0 Å². The average Bonchev–Trinajstić information content (AvgIpc) is 2.14. The third kappa shape index (κ3) is 1.89. The molecule has 1 aromatic heterocycles. The van der Waals surface area contributed by atoms with E-state index in [0.717, 1.165) is 0 Å². The number of nitrogens with zero attached hydrogens (tertiary/aromatic N) is 1. The molecule has 0 atom stereocenters. The summed E-state index contributed by atoms with van der Waals surface area (Å²) in [7, 11) is 0. The summed E-state index contributed by atoms with van der Waals surface area (Å²) in [6.45, 7) is 5.39. The van der Waals surface area contributed by atoms with Crippen molar-refractivity contribution in [2.24, 2.45) is 0 Å². The molecule has 0 bridgehead atoms. The van der Waals surface area contributed by atoms with E-state index < -0.39 is 11.2 Å². The van der Waals surface area contributed by atoms with Gasteiger partial charge < -0.3 is 4.98 Å². The average molecular weight is 253 g/mol. The first kappa shape index (κ1) is 11.9. The van der Waals surface area contributed by atoms with Crippen molar-refractivity contribution in [2.75, 3.05) is 0 Å². The van der Waals surface area contributed by atoms with Crippen molar-refractivity contribution in [3.63, 3.8) is 0 Å². The number of nitrogens with one attached hydrogen (secondary N) is 1. The fraction of sp³-hybridized carbons (Fsp3) is 0.333. The summed E-state index contributed by atoms with van der Waals surface area (Å²) in [5.41, 5.74) is -0.898. The monoisotopic (exact) mass is 252 g/mol. The molecule has 0 aliphatic rings. The number of rotatable bonds is 0. The number of aromatic amines is 1. The minimum atomic E-state index is -0.585. The highest BCUT2D eigenvalue weighted by Crippen LogP contribution is 2.18. The summed E-state index contributed by atoms with van der Waals surface area (Å²) < 4.78 is 1.18. The molecule has 0 spiro atoms. The van der Waals surface area contributed by atoms with E-state index in [9.17, 15) is 9.59 Å². The number of hydrogen-bond donors (Lipinski definition) is 1. The zero-order valence-electron chi connectivity index (χ0n) is 9.87. The molecule has 4 nitrogen and oxygen atoms in total. The Morgan fingerprint density at radius 1 is 1.24 bits per heavy atom. The lowest BCUT2D eigenvalue weighted by atomic mass is 10.1. The predicted octanol–water partition coefficient (Wildman–Crippen LogP) is 2.10. The van der Waals surface area contributed by atoms with E-state index in [4.69, 9.17) is 11.6 Å². The van der Waals surface area contributed by atoms with Crippen LogP contribution in [0.3, 0.4) is 0 Å². The number of fused-ring (bicyclic) bond motifs is 1. The van der Waals surface area contributed by atoms with Gasteiger partial charge in [-0.3, -0.25) is 9.36 Å². The summed E-state index contributed by atoms with van der Waals surface area (Å²) >= 11 is 6.00. The maximum atomic E-state index is 12.3. The second kappa shape index (κ2) is 3.74. The summed E-state index contributed by atoms with van der Waals surface area (Å²) in [5, 5.41) is 0.699. The predicted molar refractivity (Wildman–Crippen MR) is 68.8 cm³/mol. The van der Waals surface area contributed by atoms with Gasteiger partial charge in [0.2, 0.25) is 0 Å². The second-order valence-electron chi connectivity index (χ2n) is 4.90. The molecule has 0 fully saturated rings. The maximum absolute atomic E-state index is 12.3. The zero-order valence-corrected chi connectivity index (χ0v) is 10.6. The van der Waals surface area contributed by atoms with Crippen molar-refractivity contribution >= 4 is 22.5 Å². The van der Waals surface area contributed by atoms with Crippen LogP contribution in [0.4, 0.5) is 0 Å². The van der Waals surface area contributed by atoms with Crippen molar-refractivity contribution < 1.29 is 0 Å². The molecule has 90 valence electrons. The van der Waals surface area contributed by atoms with Crippen LogP contribution >= 0.6 is 11.6 Å². The molecule has 0 radical (unpaired) electrons. The first-order chi connectivity index (χ1) is 7.82. The van der Waals surface area contributed by atoms with E-state index in [1.54, 1.807) is 39.0 Å². The minimum absolute atomic E-state index is 0.349. The molecule has 0 amide bonds. The summed E-state index contributed by atoms with van der Waals surface area (Å²) in [6, 6.07) is 5.00. The lowest BCUT2D eigenvalue weighted by Gasteiger charge is -2.21. The standard InChI is InChI=1S/C12H13ClN2O2/c1-12(2,3)15-10(16)9-7(13)5-4-6-8(9)14-11(15)17/h4-6H,1-3H3,(H,14,17). The van der Waals surface area contributed by atoms with Crippen LogP contribution in [0.2, 0.25) is 5.02 Å². The van der Waals surface area contributed by atoms with Gasteiger partial charge in [0.15, 0.2) is 0 Å². The Balaban J connectivity index is 3.05. The first-order valence-electron chi connectivity index (χ1n) is 5.26. The molecule has 2 rings (SSSR count). The highest BCUT2D eigenvalue weighted by Gasteiger charge is 2.20. The molecule has 2 aromatic rings. The molecule has 0 aliphatic heterocycles. The quantitative estimate of drug-likeness (QED) is 0.781. The Hall–Kier alpha value is -1.55. The van der Waals surface area contributed by atoms with Crippen LogP contribution in [0.5, 0.6) is 0 Å². The molecule has 17 heavy (non-hydrogen) atoms. The van der Waals surface area contributed by atoms with Gasteiger partial charge in [-0.2, -0.15) is 0 Å². The van der Waals surface area contributed by atoms with Crippen molar-refractivity contribution in [1.82, 2.24) is 9.55 Å².